The fourth-order valence-electron chi connectivity index (χ4n) is 2.11. The van der Waals surface area contributed by atoms with Crippen molar-refractivity contribution in [2.45, 2.75) is 6.42 Å². The van der Waals surface area contributed by atoms with Crippen molar-refractivity contribution >= 4 is 40.6 Å². The number of amides is 1. The number of carbonyl (C=O) groups excluding carboxylic acids is 2. The third kappa shape index (κ3) is 2.61. The van der Waals surface area contributed by atoms with E-state index in [1.165, 1.54) is 11.0 Å². The highest BCUT2D eigenvalue weighted by Gasteiger charge is 2.38. The van der Waals surface area contributed by atoms with Crippen LogP contribution in [-0.4, -0.2) is 43.8 Å². The molecule has 1 aliphatic heterocycles. The summed E-state index contributed by atoms with van der Waals surface area (Å²) in [4.78, 5) is 27.4. The quantitative estimate of drug-likeness (QED) is 0.802. The van der Waals surface area contributed by atoms with Crippen LogP contribution in [0.2, 0.25) is 10.0 Å². The van der Waals surface area contributed by atoms with Gasteiger partial charge in [0, 0.05) is 6.54 Å². The summed E-state index contributed by atoms with van der Waals surface area (Å²) < 4.78 is 0. The molecule has 19 heavy (non-hydrogen) atoms. The number of rotatable bonds is 4. The van der Waals surface area contributed by atoms with E-state index in [2.05, 4.69) is 0 Å². The van der Waals surface area contributed by atoms with Crippen molar-refractivity contribution in [1.29, 1.82) is 0 Å². The van der Waals surface area contributed by atoms with Crippen LogP contribution in [0.1, 0.15) is 16.8 Å². The Morgan fingerprint density at radius 2 is 1.79 bits per heavy atom. The van der Waals surface area contributed by atoms with Gasteiger partial charge in [0.25, 0.3) is 11.7 Å². The number of hydrogen-bond acceptors (Lipinski definition) is 3. The van der Waals surface area contributed by atoms with Crippen LogP contribution in [0.5, 0.6) is 0 Å². The fraction of sp³-hybridized carbons (Fsp3) is 0.385. The molecular formula is C13H14Cl2N2O2. The molecule has 1 heterocycles. The van der Waals surface area contributed by atoms with E-state index < -0.39 is 11.7 Å². The second-order valence-corrected chi connectivity index (χ2v) is 5.51. The highest BCUT2D eigenvalue weighted by atomic mass is 35.5. The Balaban J connectivity index is 2.31. The van der Waals surface area contributed by atoms with E-state index in [4.69, 9.17) is 23.2 Å². The lowest BCUT2D eigenvalue weighted by Gasteiger charge is -2.19. The normalized spacial score (nSPS) is 14.5. The molecule has 0 aromatic heterocycles. The van der Waals surface area contributed by atoms with Gasteiger partial charge < -0.3 is 9.80 Å². The van der Waals surface area contributed by atoms with Crippen LogP contribution >= 0.6 is 23.2 Å². The monoisotopic (exact) mass is 300 g/mol. The summed E-state index contributed by atoms with van der Waals surface area (Å²) in [6.07, 6.45) is 0.758. The molecule has 0 radical (unpaired) electrons. The fourth-order valence-corrected chi connectivity index (χ4v) is 2.61. The van der Waals surface area contributed by atoms with Crippen molar-refractivity contribution in [1.82, 2.24) is 4.90 Å². The van der Waals surface area contributed by atoms with Crippen molar-refractivity contribution in [3.8, 4) is 0 Å². The van der Waals surface area contributed by atoms with Gasteiger partial charge in [-0.25, -0.2) is 0 Å². The zero-order chi connectivity index (χ0) is 14.2. The number of ketones is 1. The van der Waals surface area contributed by atoms with E-state index in [0.717, 1.165) is 13.0 Å². The molecule has 2 rings (SSSR count). The van der Waals surface area contributed by atoms with Gasteiger partial charge in [0.1, 0.15) is 0 Å². The zero-order valence-corrected chi connectivity index (χ0v) is 12.3. The molecule has 1 aliphatic rings. The van der Waals surface area contributed by atoms with E-state index in [1.54, 1.807) is 6.07 Å². The minimum absolute atomic E-state index is 0.226. The Bertz CT molecular complexity index is 544. The number of benzene rings is 1. The molecule has 4 nitrogen and oxygen atoms in total. The molecule has 102 valence electrons. The predicted octanol–water partition coefficient (Wildman–Crippen LogP) is 2.47. The molecule has 0 saturated heterocycles. The number of Topliss-reactive ketones (excluding diaryl/α,β-unsaturated/α-hetero) is 1. The maximum absolute atomic E-state index is 12.0. The number of hydrogen-bond donors (Lipinski definition) is 0. The summed E-state index contributed by atoms with van der Waals surface area (Å²) in [5.41, 5.74) is 0.673. The number of carbonyl (C=O) groups is 2. The summed E-state index contributed by atoms with van der Waals surface area (Å²) in [5, 5.41) is 0.649. The smallest absolute Gasteiger partial charge is 0.299 e. The van der Waals surface area contributed by atoms with Crippen LogP contribution in [0.4, 0.5) is 5.69 Å². The number of halogens is 2. The highest BCUT2D eigenvalue weighted by Crippen LogP contribution is 2.39. The topological polar surface area (TPSA) is 40.6 Å². The van der Waals surface area contributed by atoms with Crippen molar-refractivity contribution in [2.75, 3.05) is 32.1 Å². The maximum Gasteiger partial charge on any atom is 0.299 e. The minimum Gasteiger partial charge on any atom is -0.309 e. The molecule has 1 aromatic carbocycles. The summed E-state index contributed by atoms with van der Waals surface area (Å²) in [5.74, 6) is -1.13. The van der Waals surface area contributed by atoms with Gasteiger partial charge in [-0.1, -0.05) is 23.2 Å². The Morgan fingerprint density at radius 1 is 1.16 bits per heavy atom. The molecule has 0 saturated carbocycles. The van der Waals surface area contributed by atoms with Crippen molar-refractivity contribution in [3.05, 3.63) is 27.7 Å². The zero-order valence-electron chi connectivity index (χ0n) is 10.7. The SMILES string of the molecule is CN(C)CCCN1C(=O)C(=O)c2c(Cl)ccc(Cl)c21. The first-order valence-corrected chi connectivity index (χ1v) is 6.68. The van der Waals surface area contributed by atoms with Crippen LogP contribution < -0.4 is 4.90 Å². The summed E-state index contributed by atoms with van der Waals surface area (Å²) in [6.45, 7) is 1.28. The molecule has 0 aliphatic carbocycles. The Labute approximate surface area is 121 Å². The lowest BCUT2D eigenvalue weighted by molar-refractivity contribution is -0.114. The number of fused-ring (bicyclic) bond motifs is 1. The largest absolute Gasteiger partial charge is 0.309 e. The molecule has 0 N–H and O–H groups in total. The molecule has 1 amide bonds. The number of nitrogens with zero attached hydrogens (tertiary/aromatic N) is 2. The molecular weight excluding hydrogens is 287 g/mol. The predicted molar refractivity (Wildman–Crippen MR) is 76.3 cm³/mol. The third-order valence-corrected chi connectivity index (χ3v) is 3.62. The first kappa shape index (κ1) is 14.3. The average Bonchev–Trinajstić information content (AvgIpc) is 2.59. The van der Waals surface area contributed by atoms with Crippen LogP contribution in [0.3, 0.4) is 0 Å². The third-order valence-electron chi connectivity index (χ3n) is 3.00. The molecule has 0 unspecified atom stereocenters. The summed E-state index contributed by atoms with van der Waals surface area (Å²) in [6, 6.07) is 3.14. The summed E-state index contributed by atoms with van der Waals surface area (Å²) >= 11 is 12.1. The van der Waals surface area contributed by atoms with E-state index in [1.807, 2.05) is 19.0 Å². The van der Waals surface area contributed by atoms with E-state index >= 15 is 0 Å². The molecule has 0 bridgehead atoms. The lowest BCUT2D eigenvalue weighted by Crippen LogP contribution is -2.32. The highest BCUT2D eigenvalue weighted by molar-refractivity contribution is 6.56. The van der Waals surface area contributed by atoms with E-state index in [-0.39, 0.29) is 10.6 Å². The van der Waals surface area contributed by atoms with Crippen LogP contribution in [0, 0.1) is 0 Å². The lowest BCUT2D eigenvalue weighted by atomic mass is 10.1. The molecule has 1 aromatic rings. The average molecular weight is 301 g/mol. The van der Waals surface area contributed by atoms with Gasteiger partial charge in [0.05, 0.1) is 21.3 Å². The first-order valence-electron chi connectivity index (χ1n) is 5.92. The maximum atomic E-state index is 12.0. The van der Waals surface area contributed by atoms with E-state index in [0.29, 0.717) is 17.3 Å². The Hall–Kier alpha value is -1.10. The van der Waals surface area contributed by atoms with Crippen molar-refractivity contribution < 1.29 is 9.59 Å². The summed E-state index contributed by atoms with van der Waals surface area (Å²) in [7, 11) is 3.91. The molecule has 6 heteroatoms. The van der Waals surface area contributed by atoms with Crippen LogP contribution in [0.15, 0.2) is 12.1 Å². The van der Waals surface area contributed by atoms with Gasteiger partial charge in [0.15, 0.2) is 0 Å². The first-order chi connectivity index (χ1) is 8.93. The van der Waals surface area contributed by atoms with Gasteiger partial charge >= 0.3 is 0 Å². The van der Waals surface area contributed by atoms with Gasteiger partial charge in [0.2, 0.25) is 0 Å². The second-order valence-electron chi connectivity index (χ2n) is 4.70. The van der Waals surface area contributed by atoms with E-state index in [9.17, 15) is 9.59 Å². The standard InChI is InChI=1S/C13H14Cl2N2O2/c1-16(2)6-3-7-17-11-9(15)5-4-8(14)10(11)12(18)13(17)19/h4-5H,3,6-7H2,1-2H3. The van der Waals surface area contributed by atoms with Crippen LogP contribution in [-0.2, 0) is 4.79 Å². The van der Waals surface area contributed by atoms with Gasteiger partial charge in [-0.05, 0) is 39.2 Å². The second kappa shape index (κ2) is 5.49. The molecule has 0 spiro atoms. The Kier molecular flexibility index (Phi) is 4.13. The van der Waals surface area contributed by atoms with Gasteiger partial charge in [-0.3, -0.25) is 9.59 Å². The Morgan fingerprint density at radius 3 is 2.42 bits per heavy atom. The number of anilines is 1. The minimum atomic E-state index is -0.577. The molecule has 0 atom stereocenters. The van der Waals surface area contributed by atoms with Gasteiger partial charge in [-0.15, -0.1) is 0 Å². The molecule has 0 fully saturated rings. The van der Waals surface area contributed by atoms with Crippen LogP contribution in [0.25, 0.3) is 0 Å². The van der Waals surface area contributed by atoms with Gasteiger partial charge in [-0.2, -0.15) is 0 Å². The van der Waals surface area contributed by atoms with Crippen molar-refractivity contribution in [2.24, 2.45) is 0 Å². The van der Waals surface area contributed by atoms with Crippen molar-refractivity contribution in [3.63, 3.8) is 0 Å².